The normalized spacial score (nSPS) is 10.2. The van der Waals surface area contributed by atoms with Crippen LogP contribution in [-0.4, -0.2) is 6.41 Å². The lowest BCUT2D eigenvalue weighted by Gasteiger charge is -2.15. The standard InChI is InChI=1S/C12H10ClN2OS/c13-11-4-2-1-3-9(11)6-15(8-16)12-5-10(14)7-17-12/h1-5,8H,6,14H2. The van der Waals surface area contributed by atoms with Gasteiger partial charge in [-0.3, -0.25) is 4.79 Å². The Balaban J connectivity index is 2.21. The van der Waals surface area contributed by atoms with E-state index in [4.69, 9.17) is 17.3 Å². The van der Waals surface area contributed by atoms with Gasteiger partial charge in [0.25, 0.3) is 0 Å². The molecule has 0 saturated heterocycles. The summed E-state index contributed by atoms with van der Waals surface area (Å²) in [7, 11) is 0. The monoisotopic (exact) mass is 265 g/mol. The molecule has 0 bridgehead atoms. The Hall–Kier alpha value is -1.52. The highest BCUT2D eigenvalue weighted by atomic mass is 35.5. The summed E-state index contributed by atoms with van der Waals surface area (Å²) in [6.45, 7) is 0.428. The van der Waals surface area contributed by atoms with E-state index in [0.717, 1.165) is 17.0 Å². The van der Waals surface area contributed by atoms with Crippen LogP contribution in [0.2, 0.25) is 5.02 Å². The third-order valence-electron chi connectivity index (χ3n) is 2.26. The molecule has 1 aromatic heterocycles. The molecule has 0 aliphatic carbocycles. The second-order valence-electron chi connectivity index (χ2n) is 3.47. The van der Waals surface area contributed by atoms with Gasteiger partial charge in [0.05, 0.1) is 17.6 Å². The van der Waals surface area contributed by atoms with Crippen molar-refractivity contribution in [2.45, 2.75) is 6.54 Å². The van der Waals surface area contributed by atoms with Crippen LogP contribution >= 0.6 is 22.9 Å². The summed E-state index contributed by atoms with van der Waals surface area (Å²) >= 11 is 7.36. The van der Waals surface area contributed by atoms with Gasteiger partial charge in [-0.2, -0.15) is 0 Å². The van der Waals surface area contributed by atoms with Crippen LogP contribution in [0.4, 0.5) is 10.7 Å². The zero-order valence-electron chi connectivity index (χ0n) is 8.89. The van der Waals surface area contributed by atoms with Gasteiger partial charge in [0.2, 0.25) is 6.41 Å². The number of nitrogens with two attached hydrogens (primary N) is 1. The number of halogens is 1. The molecule has 1 amide bonds. The first-order chi connectivity index (χ1) is 8.20. The highest BCUT2D eigenvalue weighted by Crippen LogP contribution is 2.27. The molecule has 2 rings (SSSR count). The molecular weight excluding hydrogens is 256 g/mol. The van der Waals surface area contributed by atoms with Crippen LogP contribution in [0.25, 0.3) is 0 Å². The largest absolute Gasteiger partial charge is 0.397 e. The van der Waals surface area contributed by atoms with Crippen LogP contribution in [0, 0.1) is 5.38 Å². The van der Waals surface area contributed by atoms with Crippen molar-refractivity contribution in [1.82, 2.24) is 0 Å². The van der Waals surface area contributed by atoms with Crippen LogP contribution in [-0.2, 0) is 11.3 Å². The fourth-order valence-corrected chi connectivity index (χ4v) is 2.31. The van der Waals surface area contributed by atoms with Crippen molar-refractivity contribution in [2.75, 3.05) is 10.6 Å². The van der Waals surface area contributed by atoms with Crippen LogP contribution in [0.1, 0.15) is 5.56 Å². The van der Waals surface area contributed by atoms with Gasteiger partial charge in [0, 0.05) is 5.02 Å². The lowest BCUT2D eigenvalue weighted by atomic mass is 10.2. The maximum absolute atomic E-state index is 11.1. The molecule has 2 aromatic rings. The first-order valence-electron chi connectivity index (χ1n) is 4.93. The molecule has 5 heteroatoms. The number of anilines is 2. The molecule has 1 radical (unpaired) electrons. The predicted octanol–water partition coefficient (Wildman–Crippen LogP) is 2.95. The van der Waals surface area contributed by atoms with E-state index in [1.165, 1.54) is 11.3 Å². The van der Waals surface area contributed by atoms with Gasteiger partial charge in [-0.25, -0.2) is 0 Å². The summed E-state index contributed by atoms with van der Waals surface area (Å²) < 4.78 is 0. The van der Waals surface area contributed by atoms with Crippen LogP contribution in [0.5, 0.6) is 0 Å². The van der Waals surface area contributed by atoms with E-state index in [0.29, 0.717) is 17.3 Å². The Morgan fingerprint density at radius 3 is 2.82 bits per heavy atom. The van der Waals surface area contributed by atoms with Crippen molar-refractivity contribution >= 4 is 40.0 Å². The maximum atomic E-state index is 11.1. The van der Waals surface area contributed by atoms with E-state index in [-0.39, 0.29) is 0 Å². The minimum atomic E-state index is 0.428. The zero-order chi connectivity index (χ0) is 12.3. The van der Waals surface area contributed by atoms with Gasteiger partial charge in [-0.15, -0.1) is 11.3 Å². The number of rotatable bonds is 4. The number of benzene rings is 1. The molecule has 0 aliphatic heterocycles. The molecule has 0 aliphatic rings. The van der Waals surface area contributed by atoms with Gasteiger partial charge in [-0.1, -0.05) is 29.8 Å². The zero-order valence-corrected chi connectivity index (χ0v) is 10.5. The van der Waals surface area contributed by atoms with Crippen molar-refractivity contribution in [3.63, 3.8) is 0 Å². The first kappa shape index (κ1) is 12.0. The molecule has 0 fully saturated rings. The van der Waals surface area contributed by atoms with Crippen LogP contribution < -0.4 is 10.6 Å². The minimum Gasteiger partial charge on any atom is -0.397 e. The van der Waals surface area contributed by atoms with Gasteiger partial charge < -0.3 is 10.6 Å². The molecule has 0 saturated carbocycles. The summed E-state index contributed by atoms with van der Waals surface area (Å²) in [5.41, 5.74) is 7.02. The Labute approximate surface area is 108 Å². The second-order valence-corrected chi connectivity index (χ2v) is 4.70. The lowest BCUT2D eigenvalue weighted by molar-refractivity contribution is -0.107. The third-order valence-corrected chi connectivity index (χ3v) is 3.53. The summed E-state index contributed by atoms with van der Waals surface area (Å²) in [5, 5.41) is 4.28. The predicted molar refractivity (Wildman–Crippen MR) is 71.3 cm³/mol. The number of hydrogen-bond donors (Lipinski definition) is 1. The van der Waals surface area contributed by atoms with Crippen molar-refractivity contribution in [2.24, 2.45) is 0 Å². The topological polar surface area (TPSA) is 46.3 Å². The highest BCUT2D eigenvalue weighted by Gasteiger charge is 2.10. The summed E-state index contributed by atoms with van der Waals surface area (Å²) in [6.07, 6.45) is 0.766. The van der Waals surface area contributed by atoms with Gasteiger partial charge >= 0.3 is 0 Å². The quantitative estimate of drug-likeness (QED) is 0.864. The maximum Gasteiger partial charge on any atom is 0.215 e. The molecule has 87 valence electrons. The van der Waals surface area contributed by atoms with Crippen molar-refractivity contribution in [3.05, 3.63) is 46.3 Å². The number of carbonyl (C=O) groups is 1. The lowest BCUT2D eigenvalue weighted by Crippen LogP contribution is -2.19. The first-order valence-corrected chi connectivity index (χ1v) is 6.12. The number of amides is 1. The third kappa shape index (κ3) is 2.78. The number of hydrogen-bond acceptors (Lipinski definition) is 3. The summed E-state index contributed by atoms with van der Waals surface area (Å²) in [6, 6.07) is 9.15. The van der Waals surface area contributed by atoms with E-state index in [9.17, 15) is 4.79 Å². The van der Waals surface area contributed by atoms with Gasteiger partial charge in [-0.05, 0) is 17.7 Å². The fraction of sp³-hybridized carbons (Fsp3) is 0.0833. The summed E-state index contributed by atoms with van der Waals surface area (Å²) in [4.78, 5) is 12.6. The minimum absolute atomic E-state index is 0.428. The van der Waals surface area contributed by atoms with Crippen LogP contribution in [0.15, 0.2) is 30.3 Å². The Morgan fingerprint density at radius 1 is 1.47 bits per heavy atom. The van der Waals surface area contributed by atoms with E-state index >= 15 is 0 Å². The molecular formula is C12H10ClN2OS. The Bertz CT molecular complexity index is 527. The second kappa shape index (κ2) is 5.21. The van der Waals surface area contributed by atoms with E-state index in [1.807, 2.05) is 18.2 Å². The number of nitrogen functional groups attached to an aromatic ring is 1. The van der Waals surface area contributed by atoms with E-state index in [1.54, 1.807) is 17.0 Å². The van der Waals surface area contributed by atoms with Crippen molar-refractivity contribution in [3.8, 4) is 0 Å². The van der Waals surface area contributed by atoms with Crippen molar-refractivity contribution < 1.29 is 4.79 Å². The van der Waals surface area contributed by atoms with Gasteiger partial charge in [0.1, 0.15) is 5.00 Å². The molecule has 1 heterocycles. The highest BCUT2D eigenvalue weighted by molar-refractivity contribution is 7.14. The molecule has 0 atom stereocenters. The summed E-state index contributed by atoms with van der Waals surface area (Å²) in [5.74, 6) is 0. The number of thiophene rings is 1. The molecule has 0 unspecified atom stereocenters. The molecule has 1 aromatic carbocycles. The van der Waals surface area contributed by atoms with E-state index in [2.05, 4.69) is 5.38 Å². The number of nitrogens with zero attached hydrogens (tertiary/aromatic N) is 1. The molecule has 17 heavy (non-hydrogen) atoms. The SMILES string of the molecule is Nc1[c]sc(N(C=O)Cc2ccccc2Cl)c1. The Kier molecular flexibility index (Phi) is 3.66. The van der Waals surface area contributed by atoms with Crippen molar-refractivity contribution in [1.29, 1.82) is 0 Å². The average molecular weight is 266 g/mol. The Morgan fingerprint density at radius 2 is 2.24 bits per heavy atom. The molecule has 2 N–H and O–H groups in total. The average Bonchev–Trinajstić information content (AvgIpc) is 2.75. The number of carbonyl (C=O) groups excluding carboxylic acids is 1. The smallest absolute Gasteiger partial charge is 0.215 e. The molecule has 3 nitrogen and oxygen atoms in total. The molecule has 0 spiro atoms. The van der Waals surface area contributed by atoms with Crippen LogP contribution in [0.3, 0.4) is 0 Å². The van der Waals surface area contributed by atoms with Gasteiger partial charge in [0.15, 0.2) is 0 Å². The van der Waals surface area contributed by atoms with E-state index < -0.39 is 0 Å². The fourth-order valence-electron chi connectivity index (χ4n) is 1.42.